The number of amides is 2. The molecule has 0 radical (unpaired) electrons. The fraction of sp³-hybridized carbons (Fsp3) is 0.360. The number of aromatic nitrogens is 2. The summed E-state index contributed by atoms with van der Waals surface area (Å²) in [6, 6.07) is 18.6. The van der Waals surface area contributed by atoms with E-state index in [2.05, 4.69) is 10.3 Å². The molecule has 0 unspecified atom stereocenters. The number of hydrogen-bond acceptors (Lipinski definition) is 5. The molecule has 0 saturated heterocycles. The average molecular weight is 484 g/mol. The Kier molecular flexibility index (Phi) is 8.84. The van der Waals surface area contributed by atoms with Crippen LogP contribution in [0.25, 0.3) is 0 Å². The predicted octanol–water partition coefficient (Wildman–Crippen LogP) is 3.00. The predicted molar refractivity (Wildman–Crippen MR) is 133 cm³/mol. The minimum atomic E-state index is -3.71. The third kappa shape index (κ3) is 6.91. The number of nitrogens with one attached hydrogen (secondary N) is 1. The molecule has 1 N–H and O–H groups in total. The van der Waals surface area contributed by atoms with Gasteiger partial charge in [0, 0.05) is 19.6 Å². The molecule has 3 aromatic rings. The second-order valence-electron chi connectivity index (χ2n) is 8.41. The van der Waals surface area contributed by atoms with Crippen molar-refractivity contribution in [3.8, 4) is 0 Å². The summed E-state index contributed by atoms with van der Waals surface area (Å²) in [4.78, 5) is 20.8. The third-order valence-corrected chi connectivity index (χ3v) is 6.94. The second-order valence-corrected chi connectivity index (χ2v) is 10.3. The number of nitrogens with zero attached hydrogens (tertiary/aromatic N) is 4. The molecule has 0 saturated carbocycles. The Hall–Kier alpha value is -3.17. The van der Waals surface area contributed by atoms with Crippen molar-refractivity contribution >= 4 is 15.9 Å². The van der Waals surface area contributed by atoms with Crippen LogP contribution in [0, 0.1) is 0 Å². The minimum Gasteiger partial charge on any atom is -0.338 e. The van der Waals surface area contributed by atoms with E-state index in [1.165, 1.54) is 0 Å². The van der Waals surface area contributed by atoms with Gasteiger partial charge in [-0.25, -0.2) is 18.2 Å². The number of hydrogen-bond donors (Lipinski definition) is 1. The SMILES string of the molecule is CCNC(=O)N(CCN(C)C)Cc1cnc(S(=O)(=O)Cc2ccccc2)n1Cc1ccccc1. The summed E-state index contributed by atoms with van der Waals surface area (Å²) in [5.74, 6) is -0.139. The zero-order valence-electron chi connectivity index (χ0n) is 20.0. The van der Waals surface area contributed by atoms with Crippen molar-refractivity contribution in [3.05, 3.63) is 83.7 Å². The molecule has 2 aromatic carbocycles. The van der Waals surface area contributed by atoms with Crippen molar-refractivity contribution in [1.29, 1.82) is 0 Å². The third-order valence-electron chi connectivity index (χ3n) is 5.35. The highest BCUT2D eigenvalue weighted by Crippen LogP contribution is 2.20. The van der Waals surface area contributed by atoms with Crippen LogP contribution < -0.4 is 5.32 Å². The fourth-order valence-electron chi connectivity index (χ4n) is 3.59. The van der Waals surface area contributed by atoms with E-state index in [9.17, 15) is 13.2 Å². The van der Waals surface area contributed by atoms with Crippen LogP contribution in [0.5, 0.6) is 0 Å². The molecule has 34 heavy (non-hydrogen) atoms. The van der Waals surface area contributed by atoms with Crippen LogP contribution in [0.4, 0.5) is 4.79 Å². The quantitative estimate of drug-likeness (QED) is 0.453. The maximum Gasteiger partial charge on any atom is 0.317 e. The van der Waals surface area contributed by atoms with Crippen LogP contribution >= 0.6 is 0 Å². The van der Waals surface area contributed by atoms with Crippen molar-refractivity contribution in [2.24, 2.45) is 0 Å². The summed E-state index contributed by atoms with van der Waals surface area (Å²) >= 11 is 0. The molecule has 2 amide bonds. The summed E-state index contributed by atoms with van der Waals surface area (Å²) in [6.07, 6.45) is 1.57. The van der Waals surface area contributed by atoms with Gasteiger partial charge in [-0.15, -0.1) is 0 Å². The highest BCUT2D eigenvalue weighted by atomic mass is 32.2. The largest absolute Gasteiger partial charge is 0.338 e. The van der Waals surface area contributed by atoms with Crippen molar-refractivity contribution < 1.29 is 13.2 Å². The number of carbonyl (C=O) groups is 1. The van der Waals surface area contributed by atoms with Gasteiger partial charge in [0.25, 0.3) is 0 Å². The molecule has 1 aromatic heterocycles. The maximum absolute atomic E-state index is 13.4. The van der Waals surface area contributed by atoms with Gasteiger partial charge in [-0.1, -0.05) is 60.7 Å². The summed E-state index contributed by atoms with van der Waals surface area (Å²) in [5.41, 5.74) is 2.32. The lowest BCUT2D eigenvalue weighted by Gasteiger charge is -2.25. The van der Waals surface area contributed by atoms with Crippen LogP contribution in [-0.2, 0) is 28.7 Å². The summed E-state index contributed by atoms with van der Waals surface area (Å²) in [7, 11) is 0.186. The van der Waals surface area contributed by atoms with Gasteiger partial charge in [-0.05, 0) is 32.1 Å². The van der Waals surface area contributed by atoms with Crippen LogP contribution in [0.15, 0.2) is 72.0 Å². The van der Waals surface area contributed by atoms with Gasteiger partial charge < -0.3 is 19.7 Å². The van der Waals surface area contributed by atoms with E-state index in [4.69, 9.17) is 0 Å². The van der Waals surface area contributed by atoms with Gasteiger partial charge in [0.2, 0.25) is 15.0 Å². The molecule has 0 bridgehead atoms. The monoisotopic (exact) mass is 483 g/mol. The highest BCUT2D eigenvalue weighted by molar-refractivity contribution is 7.90. The topological polar surface area (TPSA) is 87.5 Å². The van der Waals surface area contributed by atoms with Crippen molar-refractivity contribution in [2.45, 2.75) is 30.9 Å². The Morgan fingerprint density at radius 1 is 0.971 bits per heavy atom. The number of benzene rings is 2. The number of likely N-dealkylation sites (N-methyl/N-ethyl adjacent to an activating group) is 1. The first-order valence-corrected chi connectivity index (χ1v) is 13.0. The zero-order valence-corrected chi connectivity index (χ0v) is 20.8. The first-order valence-electron chi connectivity index (χ1n) is 11.3. The van der Waals surface area contributed by atoms with Gasteiger partial charge in [0.1, 0.15) is 0 Å². The second kappa shape index (κ2) is 11.8. The first kappa shape index (κ1) is 25.5. The smallest absolute Gasteiger partial charge is 0.317 e. The van der Waals surface area contributed by atoms with E-state index in [1.54, 1.807) is 27.8 Å². The summed E-state index contributed by atoms with van der Waals surface area (Å²) in [5, 5.41) is 2.86. The van der Waals surface area contributed by atoms with Gasteiger partial charge in [0.05, 0.1) is 30.7 Å². The summed E-state index contributed by atoms with van der Waals surface area (Å²) in [6.45, 7) is 4.16. The standard InChI is InChI=1S/C25H33N5O3S/c1-4-26-24(31)29(16-15-28(2)3)19-23-17-27-25(30(23)18-21-11-7-5-8-12-21)34(32,33)20-22-13-9-6-10-14-22/h5-14,17H,4,15-16,18-20H2,1-3H3,(H,26,31). The molecule has 1 heterocycles. The molecule has 8 nitrogen and oxygen atoms in total. The van der Waals surface area contributed by atoms with Crippen molar-refractivity contribution in [1.82, 2.24) is 24.7 Å². The lowest BCUT2D eigenvalue weighted by Crippen LogP contribution is -2.43. The van der Waals surface area contributed by atoms with E-state index in [-0.39, 0.29) is 23.5 Å². The van der Waals surface area contributed by atoms with Gasteiger partial charge >= 0.3 is 6.03 Å². The molecule has 0 fully saturated rings. The lowest BCUT2D eigenvalue weighted by atomic mass is 10.2. The number of sulfone groups is 1. The summed E-state index contributed by atoms with van der Waals surface area (Å²) < 4.78 is 28.5. The van der Waals surface area contributed by atoms with Gasteiger partial charge in [-0.2, -0.15) is 0 Å². The van der Waals surface area contributed by atoms with E-state index in [0.717, 1.165) is 5.56 Å². The Balaban J connectivity index is 1.97. The number of carbonyl (C=O) groups excluding carboxylic acids is 1. The Bertz CT molecular complexity index is 1160. The molecular weight excluding hydrogens is 450 g/mol. The van der Waals surface area contributed by atoms with Gasteiger partial charge in [-0.3, -0.25) is 0 Å². The van der Waals surface area contributed by atoms with Crippen molar-refractivity contribution in [3.63, 3.8) is 0 Å². The van der Waals surface area contributed by atoms with E-state index < -0.39 is 9.84 Å². The Labute approximate surface area is 202 Å². The Morgan fingerprint density at radius 3 is 2.18 bits per heavy atom. The first-order chi connectivity index (χ1) is 16.3. The average Bonchev–Trinajstić information content (AvgIpc) is 3.20. The number of urea groups is 1. The van der Waals surface area contributed by atoms with E-state index in [0.29, 0.717) is 37.4 Å². The van der Waals surface area contributed by atoms with Crippen LogP contribution in [0.2, 0.25) is 0 Å². The fourth-order valence-corrected chi connectivity index (χ4v) is 5.08. The van der Waals surface area contributed by atoms with Crippen LogP contribution in [0.1, 0.15) is 23.7 Å². The minimum absolute atomic E-state index is 0.0127. The molecule has 3 rings (SSSR count). The molecule has 0 spiro atoms. The van der Waals surface area contributed by atoms with Crippen molar-refractivity contribution in [2.75, 3.05) is 33.7 Å². The number of imidazole rings is 1. The Morgan fingerprint density at radius 2 is 1.59 bits per heavy atom. The molecule has 9 heteroatoms. The lowest BCUT2D eigenvalue weighted by molar-refractivity contribution is 0.188. The molecule has 0 aliphatic carbocycles. The van der Waals surface area contributed by atoms with E-state index in [1.807, 2.05) is 74.4 Å². The molecular formula is C25H33N5O3S. The molecule has 182 valence electrons. The van der Waals surface area contributed by atoms with Crippen LogP contribution in [0.3, 0.4) is 0 Å². The zero-order chi connectivity index (χ0) is 24.6. The maximum atomic E-state index is 13.4. The number of rotatable bonds is 11. The highest BCUT2D eigenvalue weighted by Gasteiger charge is 2.26. The molecule has 0 aliphatic heterocycles. The normalized spacial score (nSPS) is 11.5. The van der Waals surface area contributed by atoms with E-state index >= 15 is 0 Å². The molecule has 0 aliphatic rings. The molecule has 0 atom stereocenters. The van der Waals surface area contributed by atoms with Crippen LogP contribution in [-0.4, -0.2) is 67.5 Å². The van der Waals surface area contributed by atoms with Gasteiger partial charge in [0.15, 0.2) is 0 Å².